The molecule has 0 aliphatic heterocycles. The topological polar surface area (TPSA) is 53.7 Å². The number of ether oxygens (including phenoxy) is 3. The van der Waals surface area contributed by atoms with Crippen LogP contribution in [0.2, 0.25) is 0 Å². The zero-order valence-corrected chi connectivity index (χ0v) is 11.7. The van der Waals surface area contributed by atoms with E-state index in [2.05, 4.69) is 13.8 Å². The van der Waals surface area contributed by atoms with Gasteiger partial charge in [-0.15, -0.1) is 0 Å². The van der Waals surface area contributed by atoms with Crippen molar-refractivity contribution in [2.75, 3.05) is 21.3 Å². The Balaban J connectivity index is 2.76. The number of rotatable bonds is 3. The summed E-state index contributed by atoms with van der Waals surface area (Å²) in [4.78, 5) is 0. The lowest BCUT2D eigenvalue weighted by Crippen LogP contribution is -2.15. The summed E-state index contributed by atoms with van der Waals surface area (Å²) in [6.07, 6.45) is 0.898. The summed E-state index contributed by atoms with van der Waals surface area (Å²) in [5.41, 5.74) is 8.42. The van der Waals surface area contributed by atoms with Gasteiger partial charge in [0.1, 0.15) is 0 Å². The van der Waals surface area contributed by atoms with Gasteiger partial charge in [0.2, 0.25) is 5.75 Å². The molecule has 1 atom stereocenters. The molecule has 0 saturated carbocycles. The lowest BCUT2D eigenvalue weighted by molar-refractivity contribution is 0.318. The summed E-state index contributed by atoms with van der Waals surface area (Å²) in [5.74, 6) is 2.05. The number of nitrogens with two attached hydrogens (primary N) is 1. The van der Waals surface area contributed by atoms with Crippen LogP contribution in [-0.2, 0) is 5.41 Å². The van der Waals surface area contributed by atoms with Gasteiger partial charge >= 0.3 is 0 Å². The first-order chi connectivity index (χ1) is 8.46. The van der Waals surface area contributed by atoms with E-state index in [4.69, 9.17) is 19.9 Å². The van der Waals surface area contributed by atoms with E-state index in [1.165, 1.54) is 0 Å². The van der Waals surface area contributed by atoms with Gasteiger partial charge < -0.3 is 19.9 Å². The number of fused-ring (bicyclic) bond motifs is 1. The monoisotopic (exact) mass is 251 g/mol. The van der Waals surface area contributed by atoms with Gasteiger partial charge in [-0.1, -0.05) is 13.8 Å². The van der Waals surface area contributed by atoms with E-state index in [9.17, 15) is 0 Å². The third kappa shape index (κ3) is 1.72. The van der Waals surface area contributed by atoms with Gasteiger partial charge in [-0.05, 0) is 23.5 Å². The van der Waals surface area contributed by atoms with Crippen LogP contribution < -0.4 is 19.9 Å². The zero-order valence-electron chi connectivity index (χ0n) is 11.7. The minimum atomic E-state index is -0.0142. The van der Waals surface area contributed by atoms with Crippen molar-refractivity contribution < 1.29 is 14.2 Å². The Kier molecular flexibility index (Phi) is 3.15. The number of benzene rings is 1. The van der Waals surface area contributed by atoms with Crippen LogP contribution in [0.25, 0.3) is 0 Å². The molecule has 0 fully saturated rings. The van der Waals surface area contributed by atoms with Crippen molar-refractivity contribution in [3.05, 3.63) is 17.2 Å². The second kappa shape index (κ2) is 4.35. The van der Waals surface area contributed by atoms with Crippen molar-refractivity contribution in [1.82, 2.24) is 0 Å². The van der Waals surface area contributed by atoms with E-state index >= 15 is 0 Å². The van der Waals surface area contributed by atoms with Gasteiger partial charge in [-0.3, -0.25) is 0 Å². The largest absolute Gasteiger partial charge is 0.493 e. The van der Waals surface area contributed by atoms with E-state index < -0.39 is 0 Å². The summed E-state index contributed by atoms with van der Waals surface area (Å²) >= 11 is 0. The molecule has 1 aliphatic carbocycles. The fourth-order valence-corrected chi connectivity index (χ4v) is 2.93. The number of hydrogen-bond acceptors (Lipinski definition) is 4. The Labute approximate surface area is 108 Å². The van der Waals surface area contributed by atoms with Gasteiger partial charge in [0.25, 0.3) is 0 Å². The highest BCUT2D eigenvalue weighted by molar-refractivity contribution is 5.63. The van der Waals surface area contributed by atoms with Crippen LogP contribution in [0.4, 0.5) is 0 Å². The molecule has 0 bridgehead atoms. The van der Waals surface area contributed by atoms with Crippen LogP contribution in [0.3, 0.4) is 0 Å². The highest BCUT2D eigenvalue weighted by Crippen LogP contribution is 2.54. The van der Waals surface area contributed by atoms with Crippen molar-refractivity contribution in [2.45, 2.75) is 31.7 Å². The molecular weight excluding hydrogens is 230 g/mol. The Morgan fingerprint density at radius 2 is 1.72 bits per heavy atom. The summed E-state index contributed by atoms with van der Waals surface area (Å²) in [5, 5.41) is 0. The van der Waals surface area contributed by atoms with Crippen molar-refractivity contribution in [3.63, 3.8) is 0 Å². The first kappa shape index (κ1) is 13.0. The van der Waals surface area contributed by atoms with Crippen molar-refractivity contribution in [3.8, 4) is 17.2 Å². The molecule has 2 rings (SSSR count). The molecule has 0 aromatic heterocycles. The molecule has 0 spiro atoms. The van der Waals surface area contributed by atoms with E-state index in [-0.39, 0.29) is 11.5 Å². The maximum absolute atomic E-state index is 6.21. The average Bonchev–Trinajstić information content (AvgIpc) is 2.57. The van der Waals surface area contributed by atoms with Crippen LogP contribution in [-0.4, -0.2) is 21.3 Å². The van der Waals surface area contributed by atoms with Gasteiger partial charge in [0, 0.05) is 11.6 Å². The third-order valence-electron chi connectivity index (χ3n) is 3.67. The Morgan fingerprint density at radius 1 is 1.11 bits per heavy atom. The van der Waals surface area contributed by atoms with E-state index in [0.717, 1.165) is 23.3 Å². The fraction of sp³-hybridized carbons (Fsp3) is 0.571. The van der Waals surface area contributed by atoms with Gasteiger partial charge in [0.05, 0.1) is 21.3 Å². The Bertz CT molecular complexity index is 469. The fourth-order valence-electron chi connectivity index (χ4n) is 2.93. The van der Waals surface area contributed by atoms with Crippen LogP contribution >= 0.6 is 0 Å². The standard InChI is InChI=1S/C14H21NO3/c1-14(2)7-9(15)8-6-10(16-3)12(17-4)13(18-5)11(8)14/h6,9H,7,15H2,1-5H3/t9-/m0/s1. The number of hydrogen-bond donors (Lipinski definition) is 1. The summed E-state index contributed by atoms with van der Waals surface area (Å²) < 4.78 is 16.3. The lowest BCUT2D eigenvalue weighted by Gasteiger charge is -2.23. The molecule has 100 valence electrons. The maximum Gasteiger partial charge on any atom is 0.203 e. The molecule has 4 heteroatoms. The minimum absolute atomic E-state index is 0.0142. The van der Waals surface area contributed by atoms with Gasteiger partial charge in [-0.2, -0.15) is 0 Å². The van der Waals surface area contributed by atoms with E-state index in [0.29, 0.717) is 11.5 Å². The molecule has 2 N–H and O–H groups in total. The number of methoxy groups -OCH3 is 3. The van der Waals surface area contributed by atoms with Crippen molar-refractivity contribution >= 4 is 0 Å². The molecule has 1 aliphatic rings. The predicted molar refractivity (Wildman–Crippen MR) is 70.7 cm³/mol. The molecule has 0 radical (unpaired) electrons. The lowest BCUT2D eigenvalue weighted by atomic mass is 9.85. The van der Waals surface area contributed by atoms with Crippen LogP contribution in [0.1, 0.15) is 37.4 Å². The van der Waals surface area contributed by atoms with Crippen molar-refractivity contribution in [1.29, 1.82) is 0 Å². The first-order valence-electron chi connectivity index (χ1n) is 6.05. The quantitative estimate of drug-likeness (QED) is 0.896. The normalized spacial score (nSPS) is 20.4. The van der Waals surface area contributed by atoms with E-state index in [1.807, 2.05) is 6.07 Å². The second-order valence-corrected chi connectivity index (χ2v) is 5.30. The van der Waals surface area contributed by atoms with Crippen LogP contribution in [0.15, 0.2) is 6.07 Å². The smallest absolute Gasteiger partial charge is 0.203 e. The molecule has 18 heavy (non-hydrogen) atoms. The zero-order chi connectivity index (χ0) is 13.5. The molecule has 4 nitrogen and oxygen atoms in total. The Morgan fingerprint density at radius 3 is 2.22 bits per heavy atom. The highest BCUT2D eigenvalue weighted by atomic mass is 16.5. The molecule has 1 aromatic rings. The maximum atomic E-state index is 6.21. The summed E-state index contributed by atoms with van der Waals surface area (Å²) in [6, 6.07) is 1.99. The Hall–Kier alpha value is -1.42. The highest BCUT2D eigenvalue weighted by Gasteiger charge is 2.40. The predicted octanol–water partition coefficient (Wildman–Crippen LogP) is 2.39. The molecule has 1 aromatic carbocycles. The van der Waals surface area contributed by atoms with E-state index in [1.54, 1.807) is 21.3 Å². The minimum Gasteiger partial charge on any atom is -0.493 e. The molecule has 0 saturated heterocycles. The molecular formula is C14H21NO3. The first-order valence-corrected chi connectivity index (χ1v) is 6.05. The average molecular weight is 251 g/mol. The van der Waals surface area contributed by atoms with Gasteiger partial charge in [0.15, 0.2) is 11.5 Å². The second-order valence-electron chi connectivity index (χ2n) is 5.30. The van der Waals surface area contributed by atoms with Crippen molar-refractivity contribution in [2.24, 2.45) is 5.73 Å². The summed E-state index contributed by atoms with van der Waals surface area (Å²) in [6.45, 7) is 4.35. The molecule has 0 amide bonds. The SMILES string of the molecule is COc1cc2c(c(OC)c1OC)C(C)(C)C[C@@H]2N. The summed E-state index contributed by atoms with van der Waals surface area (Å²) in [7, 11) is 4.89. The van der Waals surface area contributed by atoms with Crippen LogP contribution in [0.5, 0.6) is 17.2 Å². The van der Waals surface area contributed by atoms with Crippen LogP contribution in [0, 0.1) is 0 Å². The van der Waals surface area contributed by atoms with Gasteiger partial charge in [-0.25, -0.2) is 0 Å². The molecule has 0 unspecified atom stereocenters. The molecule has 0 heterocycles. The third-order valence-corrected chi connectivity index (χ3v) is 3.67.